The van der Waals surface area contributed by atoms with E-state index in [1.807, 2.05) is 74.4 Å². The summed E-state index contributed by atoms with van der Waals surface area (Å²) in [6.07, 6.45) is 1.77. The third-order valence-electron chi connectivity index (χ3n) is 5.93. The van der Waals surface area contributed by atoms with Crippen LogP contribution in [0, 0.1) is 22.7 Å². The van der Waals surface area contributed by atoms with Gasteiger partial charge in [-0.25, -0.2) is 0 Å². The smallest absolute Gasteiger partial charge is 0.274 e. The number of nitrogens with two attached hydrogens (primary N) is 1. The molecule has 0 spiro atoms. The average molecular weight is 626 g/mol. The van der Waals surface area contributed by atoms with E-state index in [9.17, 15) is 15.3 Å². The van der Waals surface area contributed by atoms with Crippen molar-refractivity contribution in [1.29, 1.82) is 10.5 Å². The molecule has 0 fully saturated rings. The Bertz CT molecular complexity index is 1680. The van der Waals surface area contributed by atoms with Gasteiger partial charge in [-0.1, -0.05) is 12.1 Å². The third kappa shape index (κ3) is 4.37. The van der Waals surface area contributed by atoms with E-state index in [4.69, 9.17) is 5.73 Å². The van der Waals surface area contributed by atoms with Crippen molar-refractivity contribution < 1.29 is 0 Å². The van der Waals surface area contributed by atoms with Gasteiger partial charge >= 0.3 is 0 Å². The van der Waals surface area contributed by atoms with Crippen LogP contribution in [0.2, 0.25) is 0 Å². The minimum atomic E-state index is -0.674. The van der Waals surface area contributed by atoms with Crippen molar-refractivity contribution in [2.75, 3.05) is 38.0 Å². The standard InChI is InChI=1S/C26H22Br2N6OS/c1-32(2)20-7-5-14(9-18(20)27)10-22-25(35)34-24(31)16(12-29)23(17(13-30)26(34)36-22)15-6-8-21(33(3)4)19(28)11-15/h5-11,23H,31H2,1-4H3/t23-/m0/s1. The first-order valence-corrected chi connectivity index (χ1v) is 13.2. The maximum atomic E-state index is 13.4. The molecule has 0 saturated carbocycles. The van der Waals surface area contributed by atoms with Crippen molar-refractivity contribution in [3.05, 3.63) is 81.6 Å². The number of benzene rings is 2. The fraction of sp³-hybridized carbons (Fsp3) is 0.192. The Morgan fingerprint density at radius 3 is 2.08 bits per heavy atom. The van der Waals surface area contributed by atoms with Gasteiger partial charge in [-0.05, 0) is 73.3 Å². The van der Waals surface area contributed by atoms with E-state index < -0.39 is 5.92 Å². The van der Waals surface area contributed by atoms with Crippen LogP contribution >= 0.6 is 43.2 Å². The molecule has 3 aromatic rings. The summed E-state index contributed by atoms with van der Waals surface area (Å²) in [7, 11) is 7.77. The molecule has 2 heterocycles. The first-order chi connectivity index (χ1) is 17.1. The lowest BCUT2D eigenvalue weighted by atomic mass is 9.84. The molecule has 1 aliphatic rings. The van der Waals surface area contributed by atoms with E-state index in [-0.39, 0.29) is 17.0 Å². The SMILES string of the molecule is CN(C)c1ccc(C=c2sc3n(c2=O)C(N)=C(C#N)[C@H](c2ccc(N(C)C)c(Br)c2)C=3C#N)cc1Br. The first kappa shape index (κ1) is 25.8. The highest BCUT2D eigenvalue weighted by molar-refractivity contribution is 9.11. The zero-order valence-electron chi connectivity index (χ0n) is 20.0. The lowest BCUT2D eigenvalue weighted by molar-refractivity contribution is 0.905. The van der Waals surface area contributed by atoms with Gasteiger partial charge in [0.05, 0.1) is 45.1 Å². The molecule has 10 heteroatoms. The second-order valence-corrected chi connectivity index (χ2v) is 11.4. The number of hydrogen-bond donors (Lipinski definition) is 1. The zero-order chi connectivity index (χ0) is 26.3. The largest absolute Gasteiger partial charge is 0.384 e. The van der Waals surface area contributed by atoms with Gasteiger partial charge in [0.25, 0.3) is 5.56 Å². The topological polar surface area (TPSA) is 102 Å². The van der Waals surface area contributed by atoms with Gasteiger partial charge in [-0.2, -0.15) is 10.5 Å². The number of rotatable bonds is 4. The van der Waals surface area contributed by atoms with Crippen molar-refractivity contribution in [3.8, 4) is 12.1 Å². The van der Waals surface area contributed by atoms with Gasteiger partial charge in [-0.15, -0.1) is 11.3 Å². The van der Waals surface area contributed by atoms with Crippen LogP contribution in [0.3, 0.4) is 0 Å². The predicted molar refractivity (Wildman–Crippen MR) is 153 cm³/mol. The monoisotopic (exact) mass is 624 g/mol. The Morgan fingerprint density at radius 1 is 0.972 bits per heavy atom. The lowest BCUT2D eigenvalue weighted by Crippen LogP contribution is -2.38. The molecule has 7 nitrogen and oxygen atoms in total. The fourth-order valence-corrected chi connectivity index (χ4v) is 6.81. The molecule has 1 aromatic heterocycles. The molecule has 0 bridgehead atoms. The van der Waals surface area contributed by atoms with E-state index in [0.29, 0.717) is 14.8 Å². The molecule has 2 N–H and O–H groups in total. The van der Waals surface area contributed by atoms with Crippen LogP contribution < -0.4 is 30.3 Å². The molecule has 182 valence electrons. The predicted octanol–water partition coefficient (Wildman–Crippen LogP) is 3.52. The Labute approximate surface area is 229 Å². The molecule has 4 rings (SSSR count). The molecule has 0 aliphatic carbocycles. The van der Waals surface area contributed by atoms with Gasteiger partial charge in [0.15, 0.2) is 0 Å². The van der Waals surface area contributed by atoms with Gasteiger partial charge in [0.2, 0.25) is 0 Å². The van der Waals surface area contributed by atoms with Crippen molar-refractivity contribution in [1.82, 2.24) is 4.57 Å². The number of aromatic nitrogens is 1. The molecule has 1 aliphatic heterocycles. The Hall–Kier alpha value is -3.31. The van der Waals surface area contributed by atoms with Gasteiger partial charge < -0.3 is 15.5 Å². The van der Waals surface area contributed by atoms with E-state index >= 15 is 0 Å². The highest BCUT2D eigenvalue weighted by Gasteiger charge is 2.32. The van der Waals surface area contributed by atoms with E-state index in [1.165, 1.54) is 15.9 Å². The number of halogens is 2. The van der Waals surface area contributed by atoms with Crippen molar-refractivity contribution in [2.24, 2.45) is 5.73 Å². The summed E-state index contributed by atoms with van der Waals surface area (Å²) < 4.78 is 3.87. The number of hydrogen-bond acceptors (Lipinski definition) is 7. The number of nitrogens with zero attached hydrogens (tertiary/aromatic N) is 5. The van der Waals surface area contributed by atoms with Gasteiger partial charge in [-0.3, -0.25) is 9.36 Å². The maximum Gasteiger partial charge on any atom is 0.274 e. The van der Waals surface area contributed by atoms with Crippen LogP contribution in [0.25, 0.3) is 17.5 Å². The van der Waals surface area contributed by atoms with Crippen LogP contribution in [-0.2, 0) is 0 Å². The molecule has 0 saturated heterocycles. The van der Waals surface area contributed by atoms with Crippen LogP contribution in [0.4, 0.5) is 11.4 Å². The van der Waals surface area contributed by atoms with Crippen molar-refractivity contribution in [2.45, 2.75) is 5.92 Å². The summed E-state index contributed by atoms with van der Waals surface area (Å²) in [5.74, 6) is -0.624. The molecular formula is C26H22Br2N6OS. The maximum absolute atomic E-state index is 13.4. The Kier molecular flexibility index (Phi) is 7.14. The molecule has 36 heavy (non-hydrogen) atoms. The van der Waals surface area contributed by atoms with Crippen molar-refractivity contribution >= 4 is 72.0 Å². The highest BCUT2D eigenvalue weighted by Crippen LogP contribution is 2.38. The molecule has 2 aromatic carbocycles. The zero-order valence-corrected chi connectivity index (χ0v) is 24.0. The molecule has 1 atom stereocenters. The normalized spacial score (nSPS) is 15.4. The summed E-state index contributed by atoms with van der Waals surface area (Å²) >= 11 is 8.37. The summed E-state index contributed by atoms with van der Waals surface area (Å²) in [6, 6.07) is 15.9. The number of fused-ring (bicyclic) bond motifs is 1. The van der Waals surface area contributed by atoms with E-state index in [2.05, 4.69) is 44.0 Å². The number of anilines is 2. The van der Waals surface area contributed by atoms with Gasteiger partial charge in [0, 0.05) is 37.1 Å². The summed E-state index contributed by atoms with van der Waals surface area (Å²) in [6.45, 7) is 0. The van der Waals surface area contributed by atoms with Gasteiger partial charge in [0.1, 0.15) is 10.5 Å². The van der Waals surface area contributed by atoms with E-state index in [1.54, 1.807) is 6.08 Å². The minimum absolute atomic E-state index is 0.0503. The number of thiazole rings is 1. The molecule has 0 amide bonds. The molecule has 0 unspecified atom stereocenters. The Balaban J connectivity index is 1.97. The number of allylic oxidation sites excluding steroid dienone is 1. The van der Waals surface area contributed by atoms with Crippen molar-refractivity contribution in [3.63, 3.8) is 0 Å². The van der Waals surface area contributed by atoms with E-state index in [0.717, 1.165) is 31.4 Å². The Morgan fingerprint density at radius 2 is 1.56 bits per heavy atom. The van der Waals surface area contributed by atoms with Crippen LogP contribution in [0.5, 0.6) is 0 Å². The summed E-state index contributed by atoms with van der Waals surface area (Å²) in [5.41, 5.74) is 10.1. The summed E-state index contributed by atoms with van der Waals surface area (Å²) in [4.78, 5) is 17.3. The fourth-order valence-electron chi connectivity index (χ4n) is 4.18. The lowest BCUT2D eigenvalue weighted by Gasteiger charge is -2.23. The number of nitriles is 2. The second-order valence-electron chi connectivity index (χ2n) is 8.64. The average Bonchev–Trinajstić information content (AvgIpc) is 3.14. The first-order valence-electron chi connectivity index (χ1n) is 10.8. The van der Waals surface area contributed by atoms with Crippen LogP contribution in [-0.4, -0.2) is 32.8 Å². The highest BCUT2D eigenvalue weighted by atomic mass is 79.9. The summed E-state index contributed by atoms with van der Waals surface area (Å²) in [5, 5.41) is 20.2. The minimum Gasteiger partial charge on any atom is -0.384 e. The molecular weight excluding hydrogens is 604 g/mol. The van der Waals surface area contributed by atoms with Crippen LogP contribution in [0.1, 0.15) is 17.0 Å². The van der Waals surface area contributed by atoms with Crippen LogP contribution in [0.15, 0.2) is 55.7 Å². The third-order valence-corrected chi connectivity index (χ3v) is 8.31. The second kappa shape index (κ2) is 9.98. The molecule has 0 radical (unpaired) electrons. The quantitative estimate of drug-likeness (QED) is 0.476.